The maximum absolute atomic E-state index is 9.55. The lowest BCUT2D eigenvalue weighted by molar-refractivity contribution is 0.178. The number of anilines is 1. The van der Waals surface area contributed by atoms with Crippen LogP contribution in [0, 0.1) is 12.8 Å². The molecule has 0 amide bonds. The van der Waals surface area contributed by atoms with Gasteiger partial charge in [0.15, 0.2) is 0 Å². The number of aliphatic hydroxyl groups is 1. The van der Waals surface area contributed by atoms with E-state index >= 15 is 0 Å². The molecule has 2 N–H and O–H groups in total. The number of halogens is 1. The van der Waals surface area contributed by atoms with Crippen molar-refractivity contribution >= 4 is 23.2 Å². The number of rotatable bonds is 3. The van der Waals surface area contributed by atoms with Crippen molar-refractivity contribution in [3.8, 4) is 0 Å². The Labute approximate surface area is 115 Å². The molecule has 102 valence electrons. The van der Waals surface area contributed by atoms with Crippen LogP contribution in [0.3, 0.4) is 0 Å². The summed E-state index contributed by atoms with van der Waals surface area (Å²) in [6.07, 6.45) is 4.10. The zero-order valence-electron chi connectivity index (χ0n) is 10.7. The summed E-state index contributed by atoms with van der Waals surface area (Å²) in [5, 5.41) is 17.5. The minimum absolute atomic E-state index is 0.152. The third kappa shape index (κ3) is 2.37. The summed E-state index contributed by atoms with van der Waals surface area (Å²) in [5.41, 5.74) is 0.859. The Bertz CT molecular complexity index is 599. The highest BCUT2D eigenvalue weighted by molar-refractivity contribution is 6.30. The first kappa shape index (κ1) is 12.6. The molecule has 1 saturated carbocycles. The molecule has 0 spiro atoms. The van der Waals surface area contributed by atoms with Crippen LogP contribution < -0.4 is 5.32 Å². The summed E-state index contributed by atoms with van der Waals surface area (Å²) in [6.45, 7) is 2.70. The van der Waals surface area contributed by atoms with Crippen LogP contribution in [0.25, 0.3) is 5.78 Å². The number of aromatic nitrogens is 4. The summed E-state index contributed by atoms with van der Waals surface area (Å²) in [5.74, 6) is 1.80. The Balaban J connectivity index is 1.83. The summed E-state index contributed by atoms with van der Waals surface area (Å²) >= 11 is 6.10. The molecule has 1 fully saturated rings. The molecule has 6 nitrogen and oxygen atoms in total. The Morgan fingerprint density at radius 3 is 3.11 bits per heavy atom. The van der Waals surface area contributed by atoms with Gasteiger partial charge in [-0.1, -0.05) is 11.6 Å². The highest BCUT2D eigenvalue weighted by atomic mass is 35.5. The SMILES string of the molecule is Cc1c(Cl)nc2ncnn2c1NCC1CCC(O)C1. The van der Waals surface area contributed by atoms with Gasteiger partial charge in [-0.3, -0.25) is 0 Å². The molecule has 2 aromatic heterocycles. The lowest BCUT2D eigenvalue weighted by Gasteiger charge is -2.15. The molecule has 0 aliphatic heterocycles. The van der Waals surface area contributed by atoms with Crippen molar-refractivity contribution < 1.29 is 5.11 Å². The highest BCUT2D eigenvalue weighted by Crippen LogP contribution is 2.27. The summed E-state index contributed by atoms with van der Waals surface area (Å²) in [4.78, 5) is 8.21. The van der Waals surface area contributed by atoms with Crippen LogP contribution in [0.5, 0.6) is 0 Å². The molecule has 7 heteroatoms. The number of fused-ring (bicyclic) bond motifs is 1. The summed E-state index contributed by atoms with van der Waals surface area (Å²) in [6, 6.07) is 0. The molecule has 3 rings (SSSR count). The van der Waals surface area contributed by atoms with Crippen LogP contribution in [-0.4, -0.2) is 37.3 Å². The predicted octanol–water partition coefficient (Wildman–Crippen LogP) is 1.66. The van der Waals surface area contributed by atoms with Crippen LogP contribution >= 0.6 is 11.6 Å². The van der Waals surface area contributed by atoms with Crippen molar-refractivity contribution in [3.63, 3.8) is 0 Å². The van der Waals surface area contributed by atoms with Crippen LogP contribution in [0.2, 0.25) is 5.15 Å². The van der Waals surface area contributed by atoms with E-state index in [1.54, 1.807) is 4.52 Å². The molecule has 0 bridgehead atoms. The second-order valence-electron chi connectivity index (χ2n) is 5.06. The van der Waals surface area contributed by atoms with Crippen LogP contribution in [0.15, 0.2) is 6.33 Å². The third-order valence-electron chi connectivity index (χ3n) is 3.68. The summed E-state index contributed by atoms with van der Waals surface area (Å²) in [7, 11) is 0. The highest BCUT2D eigenvalue weighted by Gasteiger charge is 2.23. The lowest BCUT2D eigenvalue weighted by Crippen LogP contribution is -2.16. The van der Waals surface area contributed by atoms with E-state index in [1.165, 1.54) is 6.33 Å². The minimum Gasteiger partial charge on any atom is -0.393 e. The molecule has 0 saturated heterocycles. The Morgan fingerprint density at radius 1 is 1.53 bits per heavy atom. The molecule has 1 aliphatic rings. The fourth-order valence-corrected chi connectivity index (χ4v) is 2.75. The van der Waals surface area contributed by atoms with Gasteiger partial charge >= 0.3 is 0 Å². The van der Waals surface area contributed by atoms with E-state index in [-0.39, 0.29) is 6.10 Å². The third-order valence-corrected chi connectivity index (χ3v) is 4.04. The minimum atomic E-state index is -0.152. The van der Waals surface area contributed by atoms with Crippen LogP contribution in [0.1, 0.15) is 24.8 Å². The van der Waals surface area contributed by atoms with Crippen molar-refractivity contribution in [2.45, 2.75) is 32.3 Å². The van der Waals surface area contributed by atoms with Crippen molar-refractivity contribution in [3.05, 3.63) is 17.0 Å². The zero-order chi connectivity index (χ0) is 13.4. The van der Waals surface area contributed by atoms with Gasteiger partial charge in [0.05, 0.1) is 6.10 Å². The Kier molecular flexibility index (Phi) is 3.28. The maximum Gasteiger partial charge on any atom is 0.255 e. The molecule has 2 heterocycles. The fraction of sp³-hybridized carbons (Fsp3) is 0.583. The number of nitrogens with one attached hydrogen (secondary N) is 1. The number of nitrogens with zero attached hydrogens (tertiary/aromatic N) is 4. The van der Waals surface area contributed by atoms with E-state index in [1.807, 2.05) is 6.92 Å². The topological polar surface area (TPSA) is 75.3 Å². The quantitative estimate of drug-likeness (QED) is 0.837. The fourth-order valence-electron chi connectivity index (χ4n) is 2.58. The van der Waals surface area contributed by atoms with Crippen molar-refractivity contribution in [2.75, 3.05) is 11.9 Å². The van der Waals surface area contributed by atoms with Gasteiger partial charge in [-0.2, -0.15) is 19.6 Å². The molecule has 2 aromatic rings. The van der Waals surface area contributed by atoms with E-state index in [0.29, 0.717) is 16.8 Å². The lowest BCUT2D eigenvalue weighted by atomic mass is 10.1. The van der Waals surface area contributed by atoms with Crippen molar-refractivity contribution in [1.29, 1.82) is 0 Å². The summed E-state index contributed by atoms with van der Waals surface area (Å²) < 4.78 is 1.66. The first-order valence-electron chi connectivity index (χ1n) is 6.43. The largest absolute Gasteiger partial charge is 0.393 e. The Morgan fingerprint density at radius 2 is 2.37 bits per heavy atom. The number of hydrogen-bond acceptors (Lipinski definition) is 5. The molecular weight excluding hydrogens is 266 g/mol. The van der Waals surface area contributed by atoms with Crippen LogP contribution in [-0.2, 0) is 0 Å². The van der Waals surface area contributed by atoms with Gasteiger partial charge in [0.25, 0.3) is 5.78 Å². The molecule has 1 aliphatic carbocycles. The van der Waals surface area contributed by atoms with E-state index in [0.717, 1.165) is 37.2 Å². The molecule has 2 unspecified atom stereocenters. The zero-order valence-corrected chi connectivity index (χ0v) is 11.4. The van der Waals surface area contributed by atoms with E-state index in [2.05, 4.69) is 20.4 Å². The van der Waals surface area contributed by atoms with E-state index in [4.69, 9.17) is 11.6 Å². The van der Waals surface area contributed by atoms with Gasteiger partial charge in [-0.05, 0) is 32.1 Å². The smallest absolute Gasteiger partial charge is 0.255 e. The maximum atomic E-state index is 9.55. The second-order valence-corrected chi connectivity index (χ2v) is 5.42. The second kappa shape index (κ2) is 4.94. The molecule has 0 radical (unpaired) electrons. The van der Waals surface area contributed by atoms with Gasteiger partial charge in [-0.15, -0.1) is 0 Å². The average molecular weight is 282 g/mol. The average Bonchev–Trinajstić information content (AvgIpc) is 2.99. The molecule has 0 aromatic carbocycles. The van der Waals surface area contributed by atoms with Crippen LogP contribution in [0.4, 0.5) is 5.82 Å². The number of hydrogen-bond donors (Lipinski definition) is 2. The van der Waals surface area contributed by atoms with E-state index in [9.17, 15) is 5.11 Å². The predicted molar refractivity (Wildman–Crippen MR) is 72.4 cm³/mol. The standard InChI is InChI=1S/C12H16ClN5O/c1-7-10(13)17-12-15-6-16-18(12)11(7)14-5-8-2-3-9(19)4-8/h6,8-9,14,19H,2-5H2,1H3. The van der Waals surface area contributed by atoms with Gasteiger partial charge in [0.2, 0.25) is 0 Å². The van der Waals surface area contributed by atoms with Crippen molar-refractivity contribution in [1.82, 2.24) is 19.6 Å². The van der Waals surface area contributed by atoms with Gasteiger partial charge in [0.1, 0.15) is 17.3 Å². The van der Waals surface area contributed by atoms with E-state index < -0.39 is 0 Å². The number of aliphatic hydroxyl groups excluding tert-OH is 1. The molecule has 2 atom stereocenters. The first-order chi connectivity index (χ1) is 9.15. The monoisotopic (exact) mass is 281 g/mol. The van der Waals surface area contributed by atoms with Gasteiger partial charge < -0.3 is 10.4 Å². The normalized spacial score (nSPS) is 23.1. The van der Waals surface area contributed by atoms with Gasteiger partial charge in [0, 0.05) is 12.1 Å². The van der Waals surface area contributed by atoms with Gasteiger partial charge in [-0.25, -0.2) is 0 Å². The molecular formula is C12H16ClN5O. The van der Waals surface area contributed by atoms with Crippen molar-refractivity contribution in [2.24, 2.45) is 5.92 Å². The molecule has 19 heavy (non-hydrogen) atoms. The first-order valence-corrected chi connectivity index (χ1v) is 6.80. The Hall–Kier alpha value is -1.40.